The van der Waals surface area contributed by atoms with Gasteiger partial charge in [0, 0.05) is 9.77 Å². The second-order valence-electron chi connectivity index (χ2n) is 3.74. The van der Waals surface area contributed by atoms with E-state index in [2.05, 4.69) is 0 Å². The molecule has 1 aromatic heterocycles. The van der Waals surface area contributed by atoms with Gasteiger partial charge >= 0.3 is 5.97 Å². The highest BCUT2D eigenvalue weighted by Gasteiger charge is 2.10. The molecule has 1 unspecified atom stereocenters. The zero-order valence-corrected chi connectivity index (χ0v) is 11.8. The Hall–Kier alpha value is -1.66. The number of carbonyl (C=O) groups is 1. The minimum atomic E-state index is -1.18. The van der Waals surface area contributed by atoms with Crippen LogP contribution in [0, 0.1) is 0 Å². The average Bonchev–Trinajstić information content (AvgIpc) is 2.87. The van der Waals surface area contributed by atoms with Crippen LogP contribution < -0.4 is 4.74 Å². The maximum atomic E-state index is 12.1. The molecular weight excluding hydrogens is 284 g/mol. The summed E-state index contributed by atoms with van der Waals surface area (Å²) in [6.07, 6.45) is 0. The van der Waals surface area contributed by atoms with Crippen LogP contribution in [0.5, 0.6) is 5.75 Å². The number of rotatable bonds is 5. The van der Waals surface area contributed by atoms with Gasteiger partial charge in [-0.15, -0.1) is 11.3 Å². The summed E-state index contributed by atoms with van der Waals surface area (Å²) in [5, 5.41) is 8.83. The monoisotopic (exact) mass is 296 g/mol. The summed E-state index contributed by atoms with van der Waals surface area (Å²) in [5.74, 6) is 0.0843. The fourth-order valence-corrected chi connectivity index (χ4v) is 3.67. The van der Waals surface area contributed by atoms with Crippen molar-refractivity contribution < 1.29 is 18.8 Å². The fourth-order valence-electron chi connectivity index (χ4n) is 1.51. The second-order valence-corrected chi connectivity index (χ2v) is 6.36. The normalized spacial score (nSPS) is 12.1. The number of hydrogen-bond acceptors (Lipinski definition) is 4. The lowest BCUT2D eigenvalue weighted by atomic mass is 10.3. The third-order valence-corrected chi connectivity index (χ3v) is 5.10. The van der Waals surface area contributed by atoms with E-state index in [-0.39, 0.29) is 4.88 Å². The van der Waals surface area contributed by atoms with Gasteiger partial charge in [0.15, 0.2) is 0 Å². The highest BCUT2D eigenvalue weighted by Crippen LogP contribution is 2.21. The molecule has 4 nitrogen and oxygen atoms in total. The van der Waals surface area contributed by atoms with E-state index in [9.17, 15) is 9.00 Å². The molecule has 0 radical (unpaired) electrons. The number of carboxylic acid groups (broad SMARTS) is 1. The van der Waals surface area contributed by atoms with Crippen LogP contribution in [0.25, 0.3) is 0 Å². The number of thiophene rings is 1. The molecule has 100 valence electrons. The third kappa shape index (κ3) is 3.42. The van der Waals surface area contributed by atoms with E-state index in [1.807, 2.05) is 0 Å². The van der Waals surface area contributed by atoms with E-state index in [1.54, 1.807) is 37.4 Å². The van der Waals surface area contributed by atoms with Crippen molar-refractivity contribution in [2.45, 2.75) is 10.6 Å². The highest BCUT2D eigenvalue weighted by molar-refractivity contribution is 7.84. The van der Waals surface area contributed by atoms with Gasteiger partial charge in [0.05, 0.1) is 23.7 Å². The van der Waals surface area contributed by atoms with E-state index < -0.39 is 16.8 Å². The molecule has 0 bridgehead atoms. The zero-order chi connectivity index (χ0) is 13.8. The Kier molecular flexibility index (Phi) is 4.34. The summed E-state index contributed by atoms with van der Waals surface area (Å²) in [7, 11) is 0.392. The van der Waals surface area contributed by atoms with Crippen LogP contribution in [0.15, 0.2) is 41.3 Å². The number of carboxylic acids is 1. The van der Waals surface area contributed by atoms with Gasteiger partial charge in [0.25, 0.3) is 0 Å². The first kappa shape index (κ1) is 13.8. The molecule has 2 aromatic rings. The first-order valence-corrected chi connectivity index (χ1v) is 7.58. The summed E-state index contributed by atoms with van der Waals surface area (Å²) < 4.78 is 17.2. The van der Waals surface area contributed by atoms with Crippen LogP contribution in [-0.2, 0) is 16.6 Å². The van der Waals surface area contributed by atoms with Crippen molar-refractivity contribution in [1.82, 2.24) is 0 Å². The Morgan fingerprint density at radius 3 is 2.47 bits per heavy atom. The lowest BCUT2D eigenvalue weighted by Gasteiger charge is -2.02. The lowest BCUT2D eigenvalue weighted by molar-refractivity contribution is 0.0702. The molecule has 6 heteroatoms. The highest BCUT2D eigenvalue weighted by atomic mass is 32.2. The van der Waals surface area contributed by atoms with Crippen LogP contribution in [0.1, 0.15) is 14.5 Å². The molecule has 0 fully saturated rings. The number of hydrogen-bond donors (Lipinski definition) is 1. The molecule has 2 rings (SSSR count). The third-order valence-electron chi connectivity index (χ3n) is 2.47. The van der Waals surface area contributed by atoms with E-state index in [0.717, 1.165) is 16.2 Å². The standard InChI is InChI=1S/C13H12O4S2/c1-17-9-2-5-11(6-3-9)19(16)8-10-4-7-12(18-10)13(14)15/h2-7H,8H2,1H3,(H,14,15). The number of methoxy groups -OCH3 is 1. The van der Waals surface area contributed by atoms with E-state index in [1.165, 1.54) is 6.07 Å². The van der Waals surface area contributed by atoms with Crippen molar-refractivity contribution in [3.05, 3.63) is 46.2 Å². The summed E-state index contributed by atoms with van der Waals surface area (Å²) in [6, 6.07) is 10.2. The van der Waals surface area contributed by atoms with Gasteiger partial charge < -0.3 is 9.84 Å². The molecule has 0 aliphatic carbocycles. The van der Waals surface area contributed by atoms with Gasteiger partial charge in [-0.1, -0.05) is 0 Å². The minimum absolute atomic E-state index is 0.265. The van der Waals surface area contributed by atoms with Gasteiger partial charge in [0.2, 0.25) is 0 Å². The van der Waals surface area contributed by atoms with Crippen molar-refractivity contribution in [3.63, 3.8) is 0 Å². The molecule has 19 heavy (non-hydrogen) atoms. The molecule has 1 heterocycles. The molecule has 0 amide bonds. The van der Waals surface area contributed by atoms with Crippen molar-refractivity contribution in [2.75, 3.05) is 7.11 Å². The van der Waals surface area contributed by atoms with Gasteiger partial charge in [-0.3, -0.25) is 4.21 Å². The number of ether oxygens (including phenoxy) is 1. The van der Waals surface area contributed by atoms with Crippen LogP contribution in [-0.4, -0.2) is 22.4 Å². The zero-order valence-electron chi connectivity index (χ0n) is 10.2. The molecule has 0 spiro atoms. The Bertz CT molecular complexity index is 601. The largest absolute Gasteiger partial charge is 0.497 e. The predicted molar refractivity (Wildman–Crippen MR) is 74.4 cm³/mol. The van der Waals surface area contributed by atoms with E-state index >= 15 is 0 Å². The van der Waals surface area contributed by atoms with Gasteiger partial charge in [-0.05, 0) is 36.4 Å². The first-order valence-electron chi connectivity index (χ1n) is 5.44. The molecular formula is C13H12O4S2. The molecule has 1 aromatic carbocycles. The van der Waals surface area contributed by atoms with Crippen LogP contribution >= 0.6 is 11.3 Å². The van der Waals surface area contributed by atoms with Crippen molar-refractivity contribution in [3.8, 4) is 5.75 Å². The SMILES string of the molecule is COc1ccc(S(=O)Cc2ccc(C(=O)O)s2)cc1. The van der Waals surface area contributed by atoms with Gasteiger partial charge in [0.1, 0.15) is 10.6 Å². The summed E-state index contributed by atoms with van der Waals surface area (Å²) in [4.78, 5) is 12.5. The van der Waals surface area contributed by atoms with Crippen LogP contribution in [0.4, 0.5) is 0 Å². The maximum absolute atomic E-state index is 12.1. The smallest absolute Gasteiger partial charge is 0.345 e. The summed E-state index contributed by atoms with van der Waals surface area (Å²) in [6.45, 7) is 0. The van der Waals surface area contributed by atoms with Crippen LogP contribution in [0.2, 0.25) is 0 Å². The Balaban J connectivity index is 2.08. The van der Waals surface area contributed by atoms with Gasteiger partial charge in [-0.25, -0.2) is 4.79 Å². The Labute approximate surface area is 117 Å². The minimum Gasteiger partial charge on any atom is -0.497 e. The van der Waals surface area contributed by atoms with Crippen LogP contribution in [0.3, 0.4) is 0 Å². The molecule has 0 saturated heterocycles. The molecule has 1 atom stereocenters. The van der Waals surface area contributed by atoms with Crippen molar-refractivity contribution in [1.29, 1.82) is 0 Å². The van der Waals surface area contributed by atoms with E-state index in [0.29, 0.717) is 16.4 Å². The average molecular weight is 296 g/mol. The molecule has 0 saturated carbocycles. The molecule has 0 aliphatic rings. The molecule has 0 aliphatic heterocycles. The van der Waals surface area contributed by atoms with Crippen molar-refractivity contribution in [2.24, 2.45) is 0 Å². The first-order chi connectivity index (χ1) is 9.10. The topological polar surface area (TPSA) is 63.6 Å². The Morgan fingerprint density at radius 1 is 1.26 bits per heavy atom. The molecule has 1 N–H and O–H groups in total. The fraction of sp³-hybridized carbons (Fsp3) is 0.154. The Morgan fingerprint density at radius 2 is 1.95 bits per heavy atom. The van der Waals surface area contributed by atoms with Gasteiger partial charge in [-0.2, -0.15) is 0 Å². The lowest BCUT2D eigenvalue weighted by Crippen LogP contribution is -1.95. The summed E-state index contributed by atoms with van der Waals surface area (Å²) in [5.41, 5.74) is 0. The number of benzene rings is 1. The van der Waals surface area contributed by atoms with E-state index in [4.69, 9.17) is 9.84 Å². The number of aromatic carboxylic acids is 1. The van der Waals surface area contributed by atoms with Crippen molar-refractivity contribution >= 4 is 28.1 Å². The predicted octanol–water partition coefficient (Wildman–Crippen LogP) is 2.76. The summed E-state index contributed by atoms with van der Waals surface area (Å²) >= 11 is 1.15. The quantitative estimate of drug-likeness (QED) is 0.921. The maximum Gasteiger partial charge on any atom is 0.345 e. The second kappa shape index (κ2) is 5.99.